The van der Waals surface area contributed by atoms with Gasteiger partial charge in [0.25, 0.3) is 0 Å². The van der Waals surface area contributed by atoms with E-state index in [-0.39, 0.29) is 0 Å². The Hall–Kier alpha value is -2.11. The number of fused-ring (bicyclic) bond motifs is 1. The van der Waals surface area contributed by atoms with Crippen LogP contribution in [0.3, 0.4) is 0 Å². The predicted octanol–water partition coefficient (Wildman–Crippen LogP) is 4.59. The summed E-state index contributed by atoms with van der Waals surface area (Å²) in [4.78, 5) is 7.36. The van der Waals surface area contributed by atoms with E-state index >= 15 is 0 Å². The van der Waals surface area contributed by atoms with Crippen LogP contribution >= 0.6 is 11.3 Å². The van der Waals surface area contributed by atoms with Gasteiger partial charge in [0.05, 0.1) is 12.3 Å². The second-order valence-electron chi connectivity index (χ2n) is 6.37. The molecule has 4 rings (SSSR count). The van der Waals surface area contributed by atoms with Crippen LogP contribution in [0.1, 0.15) is 31.3 Å². The zero-order valence-electron chi connectivity index (χ0n) is 14.7. The average molecular weight is 353 g/mol. The maximum Gasteiger partial charge on any atom is 0.123 e. The Kier molecular flexibility index (Phi) is 4.59. The second-order valence-corrected chi connectivity index (χ2v) is 7.23. The van der Waals surface area contributed by atoms with Crippen molar-refractivity contribution in [1.82, 2.24) is 14.5 Å². The molecule has 0 unspecified atom stereocenters. The van der Waals surface area contributed by atoms with Gasteiger partial charge >= 0.3 is 0 Å². The first-order valence-electron chi connectivity index (χ1n) is 8.81. The third-order valence-electron chi connectivity index (χ3n) is 4.80. The fourth-order valence-corrected chi connectivity index (χ4v) is 4.24. The Morgan fingerprint density at radius 3 is 2.84 bits per heavy atom. The summed E-state index contributed by atoms with van der Waals surface area (Å²) in [5.41, 5.74) is 3.70. The number of rotatable bonds is 5. The number of hydrogen-bond acceptors (Lipinski definition) is 4. The molecule has 0 bridgehead atoms. The summed E-state index contributed by atoms with van der Waals surface area (Å²) in [6.45, 7) is 8.00. The number of aromatic nitrogens is 2. The van der Waals surface area contributed by atoms with Gasteiger partial charge in [-0.1, -0.05) is 0 Å². The quantitative estimate of drug-likeness (QED) is 0.672. The van der Waals surface area contributed by atoms with Gasteiger partial charge in [-0.3, -0.25) is 4.90 Å². The molecule has 0 saturated heterocycles. The van der Waals surface area contributed by atoms with E-state index in [4.69, 9.17) is 9.72 Å². The highest BCUT2D eigenvalue weighted by molar-refractivity contribution is 7.13. The molecular weight excluding hydrogens is 330 g/mol. The molecule has 2 aromatic heterocycles. The zero-order chi connectivity index (χ0) is 17.2. The molecule has 0 amide bonds. The number of thiazole rings is 1. The number of benzene rings is 1. The van der Waals surface area contributed by atoms with E-state index in [1.54, 1.807) is 11.3 Å². The fourth-order valence-electron chi connectivity index (χ4n) is 3.42. The van der Waals surface area contributed by atoms with Crippen LogP contribution in [0.25, 0.3) is 10.6 Å². The molecule has 1 aromatic carbocycles. The lowest BCUT2D eigenvalue weighted by Gasteiger charge is -2.34. The molecule has 25 heavy (non-hydrogen) atoms. The maximum absolute atomic E-state index is 5.51. The van der Waals surface area contributed by atoms with Crippen LogP contribution in [0.4, 0.5) is 0 Å². The molecule has 1 aliphatic rings. The molecule has 3 aromatic rings. The minimum Gasteiger partial charge on any atom is -0.494 e. The van der Waals surface area contributed by atoms with Gasteiger partial charge in [-0.25, -0.2) is 4.98 Å². The fraction of sp³-hybridized carbons (Fsp3) is 0.350. The average Bonchev–Trinajstić information content (AvgIpc) is 3.28. The summed E-state index contributed by atoms with van der Waals surface area (Å²) in [6, 6.07) is 13.0. The van der Waals surface area contributed by atoms with E-state index in [1.807, 2.05) is 19.1 Å². The minimum atomic E-state index is 0.430. The van der Waals surface area contributed by atoms with Gasteiger partial charge in [0.1, 0.15) is 10.8 Å². The topological polar surface area (TPSA) is 30.3 Å². The van der Waals surface area contributed by atoms with Crippen LogP contribution in [0.15, 0.2) is 48.0 Å². The molecule has 4 nitrogen and oxygen atoms in total. The lowest BCUT2D eigenvalue weighted by Crippen LogP contribution is -2.35. The van der Waals surface area contributed by atoms with Crippen molar-refractivity contribution in [2.45, 2.75) is 33.0 Å². The zero-order valence-corrected chi connectivity index (χ0v) is 15.5. The summed E-state index contributed by atoms with van der Waals surface area (Å²) in [7, 11) is 0. The molecule has 0 saturated carbocycles. The second kappa shape index (κ2) is 7.02. The third-order valence-corrected chi connectivity index (χ3v) is 5.74. The van der Waals surface area contributed by atoms with Gasteiger partial charge in [0.15, 0.2) is 0 Å². The van der Waals surface area contributed by atoms with E-state index in [0.29, 0.717) is 12.6 Å². The largest absolute Gasteiger partial charge is 0.494 e. The summed E-state index contributed by atoms with van der Waals surface area (Å²) in [5.74, 6) is 0.910. The Morgan fingerprint density at radius 2 is 2.04 bits per heavy atom. The molecule has 0 fully saturated rings. The molecular formula is C20H23N3OS. The van der Waals surface area contributed by atoms with Crippen molar-refractivity contribution >= 4 is 11.3 Å². The first-order chi connectivity index (χ1) is 12.2. The molecule has 0 spiro atoms. The molecule has 1 atom stereocenters. The van der Waals surface area contributed by atoms with Gasteiger partial charge in [-0.2, -0.15) is 0 Å². The first kappa shape index (κ1) is 16.4. The van der Waals surface area contributed by atoms with Crippen LogP contribution in [0, 0.1) is 0 Å². The monoisotopic (exact) mass is 353 g/mol. The predicted molar refractivity (Wildman–Crippen MR) is 102 cm³/mol. The molecule has 3 heterocycles. The number of nitrogens with zero attached hydrogens (tertiary/aromatic N) is 3. The highest BCUT2D eigenvalue weighted by Gasteiger charge is 2.24. The van der Waals surface area contributed by atoms with E-state index in [1.165, 1.54) is 5.69 Å². The summed E-state index contributed by atoms with van der Waals surface area (Å²) in [6.07, 6.45) is 2.18. The van der Waals surface area contributed by atoms with Crippen molar-refractivity contribution in [1.29, 1.82) is 0 Å². The normalized spacial score (nSPS) is 17.4. The van der Waals surface area contributed by atoms with E-state index in [9.17, 15) is 0 Å². The number of hydrogen-bond donors (Lipinski definition) is 0. The SMILES string of the molecule is CCOc1ccc(-c2nc(CN3CCn4cccc4[C@@H]3C)cs2)cc1. The molecule has 0 aliphatic carbocycles. The van der Waals surface area contributed by atoms with Crippen molar-refractivity contribution < 1.29 is 4.74 Å². The van der Waals surface area contributed by atoms with Crippen LogP contribution in [-0.4, -0.2) is 27.6 Å². The standard InChI is InChI=1S/C20H23N3OS/c1-3-24-18-8-6-16(7-9-18)20-21-17(14-25-20)13-23-12-11-22-10-4-5-19(22)15(23)2/h4-10,14-15H,3,11-13H2,1-2H3/t15-/m0/s1. The summed E-state index contributed by atoms with van der Waals surface area (Å²) >= 11 is 1.72. The Bertz CT molecular complexity index is 837. The minimum absolute atomic E-state index is 0.430. The van der Waals surface area contributed by atoms with E-state index < -0.39 is 0 Å². The number of ether oxygens (including phenoxy) is 1. The van der Waals surface area contributed by atoms with Crippen LogP contribution < -0.4 is 4.74 Å². The molecule has 0 radical (unpaired) electrons. The first-order valence-corrected chi connectivity index (χ1v) is 9.69. The molecule has 5 heteroatoms. The van der Waals surface area contributed by atoms with Gasteiger partial charge in [-0.15, -0.1) is 11.3 Å². The van der Waals surface area contributed by atoms with Crippen molar-refractivity contribution in [3.05, 3.63) is 59.4 Å². The van der Waals surface area contributed by atoms with E-state index in [0.717, 1.165) is 41.6 Å². The van der Waals surface area contributed by atoms with Crippen molar-refractivity contribution in [3.63, 3.8) is 0 Å². The Morgan fingerprint density at radius 1 is 1.20 bits per heavy atom. The Balaban J connectivity index is 1.46. The van der Waals surface area contributed by atoms with Gasteiger partial charge < -0.3 is 9.30 Å². The lowest BCUT2D eigenvalue weighted by molar-refractivity contribution is 0.159. The summed E-state index contributed by atoms with van der Waals surface area (Å²) < 4.78 is 7.87. The molecule has 1 aliphatic heterocycles. The summed E-state index contributed by atoms with van der Waals surface area (Å²) in [5, 5.41) is 3.26. The highest BCUT2D eigenvalue weighted by Crippen LogP contribution is 2.29. The van der Waals surface area contributed by atoms with Crippen molar-refractivity contribution in [2.24, 2.45) is 0 Å². The maximum atomic E-state index is 5.51. The Labute approximate surface area is 152 Å². The van der Waals surface area contributed by atoms with Gasteiger partial charge in [0.2, 0.25) is 0 Å². The molecule has 0 N–H and O–H groups in total. The highest BCUT2D eigenvalue weighted by atomic mass is 32.1. The van der Waals surface area contributed by atoms with Gasteiger partial charge in [0, 0.05) is 48.5 Å². The van der Waals surface area contributed by atoms with Crippen LogP contribution in [0.2, 0.25) is 0 Å². The lowest BCUT2D eigenvalue weighted by atomic mass is 10.1. The van der Waals surface area contributed by atoms with E-state index in [2.05, 4.69) is 52.2 Å². The van der Waals surface area contributed by atoms with Crippen LogP contribution in [-0.2, 0) is 13.1 Å². The smallest absolute Gasteiger partial charge is 0.123 e. The van der Waals surface area contributed by atoms with Gasteiger partial charge in [-0.05, 0) is 50.2 Å². The van der Waals surface area contributed by atoms with Crippen LogP contribution in [0.5, 0.6) is 5.75 Å². The van der Waals surface area contributed by atoms with Crippen molar-refractivity contribution in [2.75, 3.05) is 13.2 Å². The third kappa shape index (κ3) is 3.34. The van der Waals surface area contributed by atoms with Crippen molar-refractivity contribution in [3.8, 4) is 16.3 Å². The molecule has 130 valence electrons.